The molecule has 3 atom stereocenters. The van der Waals surface area contributed by atoms with Crippen molar-refractivity contribution in [2.24, 2.45) is 0 Å². The third kappa shape index (κ3) is 4.09. The number of nitrogens with one attached hydrogen (secondary N) is 1. The maximum Gasteiger partial charge on any atom is 0.308 e. The molecule has 0 radical (unpaired) electrons. The van der Waals surface area contributed by atoms with Gasteiger partial charge in [0, 0.05) is 12.4 Å². The summed E-state index contributed by atoms with van der Waals surface area (Å²) in [7, 11) is 1.29. The third-order valence-electron chi connectivity index (χ3n) is 3.15. The van der Waals surface area contributed by atoms with Crippen LogP contribution in [0.2, 0.25) is 0 Å². The van der Waals surface area contributed by atoms with Crippen LogP contribution in [0.15, 0.2) is 30.7 Å². The number of rotatable bonds is 5. The standard InChI is InChI=1S/C14H17N3O5/c1-21-13(19)6-9-2-3-10(12(8-18)22-9)17-14(20)11-7-15-4-5-16-11/h2-5,7,9-10,12,18H,6,8H2,1H3,(H,17,20)/t9-,10-,12+/m0/s1. The fourth-order valence-corrected chi connectivity index (χ4v) is 2.03. The summed E-state index contributed by atoms with van der Waals surface area (Å²) < 4.78 is 10.1. The highest BCUT2D eigenvalue weighted by Crippen LogP contribution is 2.16. The van der Waals surface area contributed by atoms with Crippen LogP contribution in [-0.2, 0) is 14.3 Å². The first-order chi connectivity index (χ1) is 10.6. The van der Waals surface area contributed by atoms with Gasteiger partial charge in [0.2, 0.25) is 0 Å². The monoisotopic (exact) mass is 307 g/mol. The Morgan fingerprint density at radius 2 is 2.23 bits per heavy atom. The molecule has 0 bridgehead atoms. The highest BCUT2D eigenvalue weighted by Gasteiger charge is 2.29. The molecule has 1 aromatic heterocycles. The number of carbonyl (C=O) groups is 2. The molecule has 0 spiro atoms. The summed E-state index contributed by atoms with van der Waals surface area (Å²) in [5.41, 5.74) is 0.171. The largest absolute Gasteiger partial charge is 0.469 e. The molecule has 1 aliphatic rings. The molecule has 0 saturated carbocycles. The lowest BCUT2D eigenvalue weighted by molar-refractivity contribution is -0.144. The van der Waals surface area contributed by atoms with Crippen LogP contribution < -0.4 is 5.32 Å². The molecule has 0 saturated heterocycles. The summed E-state index contributed by atoms with van der Waals surface area (Å²) in [4.78, 5) is 31.0. The topological polar surface area (TPSA) is 111 Å². The molecular formula is C14H17N3O5. The van der Waals surface area contributed by atoms with Crippen molar-refractivity contribution in [3.8, 4) is 0 Å². The van der Waals surface area contributed by atoms with Gasteiger partial charge in [-0.1, -0.05) is 12.2 Å². The van der Waals surface area contributed by atoms with E-state index in [1.165, 1.54) is 25.7 Å². The van der Waals surface area contributed by atoms with Gasteiger partial charge in [0.15, 0.2) is 0 Å². The maximum absolute atomic E-state index is 12.0. The fraction of sp³-hybridized carbons (Fsp3) is 0.429. The van der Waals surface area contributed by atoms with Crippen molar-refractivity contribution in [1.29, 1.82) is 0 Å². The Kier molecular flexibility index (Phi) is 5.56. The lowest BCUT2D eigenvalue weighted by Gasteiger charge is -2.31. The van der Waals surface area contributed by atoms with Gasteiger partial charge in [-0.3, -0.25) is 14.6 Å². The van der Waals surface area contributed by atoms with Crippen LogP contribution in [0.4, 0.5) is 0 Å². The molecule has 0 unspecified atom stereocenters. The van der Waals surface area contributed by atoms with Gasteiger partial charge in [0.05, 0.1) is 38.5 Å². The summed E-state index contributed by atoms with van der Waals surface area (Å²) in [6.07, 6.45) is 6.48. The third-order valence-corrected chi connectivity index (χ3v) is 3.15. The minimum Gasteiger partial charge on any atom is -0.469 e. The molecule has 0 fully saturated rings. The number of carbonyl (C=O) groups excluding carboxylic acids is 2. The Balaban J connectivity index is 2.00. The van der Waals surface area contributed by atoms with Crippen molar-refractivity contribution in [1.82, 2.24) is 15.3 Å². The predicted molar refractivity (Wildman–Crippen MR) is 74.8 cm³/mol. The summed E-state index contributed by atoms with van der Waals surface area (Å²) in [6.45, 7) is -0.298. The number of aliphatic hydroxyl groups excluding tert-OH is 1. The van der Waals surface area contributed by atoms with Crippen LogP contribution in [0, 0.1) is 0 Å². The van der Waals surface area contributed by atoms with E-state index in [0.717, 1.165) is 0 Å². The molecule has 2 heterocycles. The Bertz CT molecular complexity index is 549. The van der Waals surface area contributed by atoms with Crippen LogP contribution in [-0.4, -0.2) is 58.9 Å². The maximum atomic E-state index is 12.0. The number of hydrogen-bond donors (Lipinski definition) is 2. The second-order valence-corrected chi connectivity index (χ2v) is 4.65. The van der Waals surface area contributed by atoms with Gasteiger partial charge in [-0.15, -0.1) is 0 Å². The van der Waals surface area contributed by atoms with Gasteiger partial charge in [-0.05, 0) is 0 Å². The zero-order valence-electron chi connectivity index (χ0n) is 12.0. The lowest BCUT2D eigenvalue weighted by atomic mass is 10.0. The average Bonchev–Trinajstić information content (AvgIpc) is 2.56. The van der Waals surface area contributed by atoms with E-state index in [4.69, 9.17) is 4.74 Å². The normalized spacial score (nSPS) is 23.8. The number of hydrogen-bond acceptors (Lipinski definition) is 7. The van der Waals surface area contributed by atoms with Crippen molar-refractivity contribution in [3.63, 3.8) is 0 Å². The fourth-order valence-electron chi connectivity index (χ4n) is 2.03. The van der Waals surface area contributed by atoms with E-state index in [9.17, 15) is 14.7 Å². The minimum absolute atomic E-state index is 0.0499. The van der Waals surface area contributed by atoms with E-state index >= 15 is 0 Å². The van der Waals surface area contributed by atoms with E-state index in [-0.39, 0.29) is 18.7 Å². The van der Waals surface area contributed by atoms with Crippen molar-refractivity contribution in [3.05, 3.63) is 36.4 Å². The van der Waals surface area contributed by atoms with Gasteiger partial charge in [-0.2, -0.15) is 0 Å². The Morgan fingerprint density at radius 3 is 2.86 bits per heavy atom. The van der Waals surface area contributed by atoms with Crippen LogP contribution in [0.3, 0.4) is 0 Å². The minimum atomic E-state index is -0.653. The summed E-state index contributed by atoms with van der Waals surface area (Å²) in [6, 6.07) is -0.520. The molecule has 2 N–H and O–H groups in total. The molecule has 118 valence electrons. The van der Waals surface area contributed by atoms with Crippen molar-refractivity contribution in [2.75, 3.05) is 13.7 Å². The van der Waals surface area contributed by atoms with Gasteiger partial charge in [0.1, 0.15) is 11.8 Å². The number of nitrogens with zero attached hydrogens (tertiary/aromatic N) is 2. The zero-order valence-corrected chi connectivity index (χ0v) is 12.0. The van der Waals surface area contributed by atoms with Crippen molar-refractivity contribution >= 4 is 11.9 Å². The van der Waals surface area contributed by atoms with E-state index in [1.807, 2.05) is 0 Å². The zero-order chi connectivity index (χ0) is 15.9. The van der Waals surface area contributed by atoms with Crippen molar-refractivity contribution < 1.29 is 24.2 Å². The number of aromatic nitrogens is 2. The Morgan fingerprint density at radius 1 is 1.41 bits per heavy atom. The Labute approximate surface area is 127 Å². The van der Waals surface area contributed by atoms with Crippen LogP contribution in [0.25, 0.3) is 0 Å². The SMILES string of the molecule is COC(=O)C[C@@H]1C=C[C@H](NC(=O)c2cnccn2)[C@@H](CO)O1. The highest BCUT2D eigenvalue weighted by molar-refractivity contribution is 5.92. The first kappa shape index (κ1) is 16.1. The molecule has 2 rings (SSSR count). The molecule has 22 heavy (non-hydrogen) atoms. The van der Waals surface area contributed by atoms with E-state index < -0.39 is 30.1 Å². The quantitative estimate of drug-likeness (QED) is 0.555. The second kappa shape index (κ2) is 7.62. The van der Waals surface area contributed by atoms with E-state index in [1.54, 1.807) is 12.2 Å². The lowest BCUT2D eigenvalue weighted by Crippen LogP contribution is -2.49. The first-order valence-electron chi connectivity index (χ1n) is 6.72. The van der Waals surface area contributed by atoms with Crippen LogP contribution in [0.1, 0.15) is 16.9 Å². The van der Waals surface area contributed by atoms with Crippen molar-refractivity contribution in [2.45, 2.75) is 24.7 Å². The second-order valence-electron chi connectivity index (χ2n) is 4.65. The number of amides is 1. The number of ether oxygens (including phenoxy) is 2. The molecule has 1 amide bonds. The summed E-state index contributed by atoms with van der Waals surface area (Å²) in [5.74, 6) is -0.829. The molecule has 8 heteroatoms. The molecular weight excluding hydrogens is 290 g/mol. The number of esters is 1. The predicted octanol–water partition coefficient (Wildman–Crippen LogP) is -0.546. The smallest absolute Gasteiger partial charge is 0.308 e. The van der Waals surface area contributed by atoms with Gasteiger partial charge in [0.25, 0.3) is 5.91 Å². The highest BCUT2D eigenvalue weighted by atomic mass is 16.5. The van der Waals surface area contributed by atoms with E-state index in [0.29, 0.717) is 0 Å². The molecule has 0 aliphatic carbocycles. The first-order valence-corrected chi connectivity index (χ1v) is 6.72. The summed E-state index contributed by atoms with van der Waals surface area (Å²) in [5, 5.41) is 12.1. The van der Waals surface area contributed by atoms with Crippen LogP contribution >= 0.6 is 0 Å². The number of aliphatic hydroxyl groups is 1. The molecule has 1 aromatic rings. The van der Waals surface area contributed by atoms with E-state index in [2.05, 4.69) is 20.0 Å². The molecule has 1 aliphatic heterocycles. The molecule has 8 nitrogen and oxygen atoms in total. The van der Waals surface area contributed by atoms with Gasteiger partial charge < -0.3 is 19.9 Å². The summed E-state index contributed by atoms with van der Waals surface area (Å²) >= 11 is 0. The van der Waals surface area contributed by atoms with Gasteiger partial charge in [-0.25, -0.2) is 4.98 Å². The van der Waals surface area contributed by atoms with Crippen LogP contribution in [0.5, 0.6) is 0 Å². The number of methoxy groups -OCH3 is 1. The molecule has 0 aromatic carbocycles. The Hall–Kier alpha value is -2.32. The van der Waals surface area contributed by atoms with Gasteiger partial charge >= 0.3 is 5.97 Å². The average molecular weight is 307 g/mol.